The van der Waals surface area contributed by atoms with E-state index in [0.29, 0.717) is 27.2 Å². The number of benzene rings is 1. The maximum Gasteiger partial charge on any atom is 0.231 e. The first-order valence-electron chi connectivity index (χ1n) is 9.54. The third-order valence-electron chi connectivity index (χ3n) is 4.24. The summed E-state index contributed by atoms with van der Waals surface area (Å²) in [5.41, 5.74) is 1.99. The molecule has 0 saturated carbocycles. The molecular formula is C21H23N3O2S3. The Bertz CT molecular complexity index is 921. The number of hydrogen-bond donors (Lipinski definition) is 1. The lowest BCUT2D eigenvalue weighted by molar-refractivity contribution is -0.115. The molecule has 0 aliphatic heterocycles. The Morgan fingerprint density at radius 1 is 1.10 bits per heavy atom. The first-order chi connectivity index (χ1) is 14.1. The van der Waals surface area contributed by atoms with Gasteiger partial charge in [-0.1, -0.05) is 73.2 Å². The third-order valence-corrected chi connectivity index (χ3v) is 7.09. The second kappa shape index (κ2) is 11.2. The standard InChI is InChI=1S/C21H23N3O2S3/c1-2-3-4-6-15-8-10-16(11-9-15)18(25)14-28-21-24-23-20(29-21)22-19(26)13-17-7-5-12-27-17/h5,7-12H,2-4,6,13-14H2,1H3,(H,22,23,26). The fraction of sp³-hybridized carbons (Fsp3) is 0.333. The summed E-state index contributed by atoms with van der Waals surface area (Å²) in [6.07, 6.45) is 5.01. The molecule has 0 aliphatic carbocycles. The molecule has 0 atom stereocenters. The second-order valence-electron chi connectivity index (χ2n) is 6.54. The number of aryl methyl sites for hydroxylation is 1. The number of unbranched alkanes of at least 4 members (excludes halogenated alkanes) is 2. The van der Waals surface area contributed by atoms with Crippen molar-refractivity contribution >= 4 is 51.3 Å². The van der Waals surface area contributed by atoms with Crippen LogP contribution in [0.25, 0.3) is 0 Å². The second-order valence-corrected chi connectivity index (χ2v) is 9.78. The van der Waals surface area contributed by atoms with Crippen LogP contribution in [0.1, 0.15) is 47.0 Å². The van der Waals surface area contributed by atoms with Crippen LogP contribution in [0.2, 0.25) is 0 Å². The zero-order chi connectivity index (χ0) is 20.5. The molecule has 3 rings (SSSR count). The van der Waals surface area contributed by atoms with Crippen LogP contribution in [-0.2, 0) is 17.6 Å². The molecule has 0 radical (unpaired) electrons. The van der Waals surface area contributed by atoms with Crippen molar-refractivity contribution in [1.29, 1.82) is 0 Å². The van der Waals surface area contributed by atoms with E-state index in [2.05, 4.69) is 22.4 Å². The number of thiophene rings is 1. The lowest BCUT2D eigenvalue weighted by atomic mass is 10.0. The molecular weight excluding hydrogens is 422 g/mol. The van der Waals surface area contributed by atoms with E-state index in [9.17, 15) is 9.59 Å². The molecule has 0 saturated heterocycles. The zero-order valence-corrected chi connectivity index (χ0v) is 18.7. The van der Waals surface area contributed by atoms with E-state index in [4.69, 9.17) is 0 Å². The number of anilines is 1. The van der Waals surface area contributed by atoms with Gasteiger partial charge in [-0.15, -0.1) is 21.5 Å². The number of carbonyl (C=O) groups excluding carboxylic acids is 2. The normalized spacial score (nSPS) is 10.8. The van der Waals surface area contributed by atoms with E-state index in [1.807, 2.05) is 41.8 Å². The number of amides is 1. The van der Waals surface area contributed by atoms with Crippen molar-refractivity contribution in [2.45, 2.75) is 43.4 Å². The lowest BCUT2D eigenvalue weighted by Gasteiger charge is -2.03. The van der Waals surface area contributed by atoms with Crippen LogP contribution in [0.3, 0.4) is 0 Å². The monoisotopic (exact) mass is 445 g/mol. The van der Waals surface area contributed by atoms with Crippen molar-refractivity contribution in [3.8, 4) is 0 Å². The fourth-order valence-corrected chi connectivity index (χ4v) is 5.07. The molecule has 5 nitrogen and oxygen atoms in total. The van der Waals surface area contributed by atoms with Gasteiger partial charge < -0.3 is 5.32 Å². The molecule has 0 aliphatic rings. The largest absolute Gasteiger partial charge is 0.300 e. The van der Waals surface area contributed by atoms with Crippen molar-refractivity contribution < 1.29 is 9.59 Å². The Labute approximate surface area is 183 Å². The third kappa shape index (κ3) is 7.06. The van der Waals surface area contributed by atoms with Gasteiger partial charge in [0, 0.05) is 10.4 Å². The summed E-state index contributed by atoms with van der Waals surface area (Å²) in [6.45, 7) is 2.19. The number of hydrogen-bond acceptors (Lipinski definition) is 7. The molecule has 29 heavy (non-hydrogen) atoms. The van der Waals surface area contributed by atoms with Crippen molar-refractivity contribution in [2.24, 2.45) is 0 Å². The van der Waals surface area contributed by atoms with Crippen LogP contribution in [0.15, 0.2) is 46.1 Å². The van der Waals surface area contributed by atoms with Crippen LogP contribution < -0.4 is 5.32 Å². The molecule has 1 N–H and O–H groups in total. The van der Waals surface area contributed by atoms with Gasteiger partial charge in [0.25, 0.3) is 0 Å². The summed E-state index contributed by atoms with van der Waals surface area (Å²) in [5.74, 6) is 0.247. The van der Waals surface area contributed by atoms with E-state index < -0.39 is 0 Å². The van der Waals surface area contributed by atoms with Gasteiger partial charge in [-0.2, -0.15) is 0 Å². The van der Waals surface area contributed by atoms with Gasteiger partial charge in [0.2, 0.25) is 11.0 Å². The molecule has 0 spiro atoms. The Hall–Kier alpha value is -2.03. The molecule has 1 aromatic carbocycles. The molecule has 0 unspecified atom stereocenters. The van der Waals surface area contributed by atoms with Crippen molar-refractivity contribution in [3.05, 3.63) is 57.8 Å². The van der Waals surface area contributed by atoms with Crippen LogP contribution in [0, 0.1) is 0 Å². The number of nitrogens with zero attached hydrogens (tertiary/aromatic N) is 2. The molecule has 1 amide bonds. The fourth-order valence-electron chi connectivity index (χ4n) is 2.70. The number of Topliss-reactive ketones (excluding diaryl/α,β-unsaturated/α-hetero) is 1. The highest BCUT2D eigenvalue weighted by Crippen LogP contribution is 2.26. The van der Waals surface area contributed by atoms with Crippen molar-refractivity contribution in [3.63, 3.8) is 0 Å². The highest BCUT2D eigenvalue weighted by atomic mass is 32.2. The molecule has 0 bridgehead atoms. The van der Waals surface area contributed by atoms with E-state index in [1.54, 1.807) is 11.3 Å². The minimum Gasteiger partial charge on any atom is -0.300 e. The maximum atomic E-state index is 12.4. The molecule has 152 valence electrons. The minimum atomic E-state index is -0.116. The highest BCUT2D eigenvalue weighted by Gasteiger charge is 2.12. The van der Waals surface area contributed by atoms with Crippen LogP contribution in [0.4, 0.5) is 5.13 Å². The number of carbonyl (C=O) groups is 2. The van der Waals surface area contributed by atoms with Crippen molar-refractivity contribution in [1.82, 2.24) is 10.2 Å². The molecule has 0 fully saturated rings. The van der Waals surface area contributed by atoms with Gasteiger partial charge in [0.05, 0.1) is 12.2 Å². The summed E-state index contributed by atoms with van der Waals surface area (Å²) in [6, 6.07) is 11.7. The topological polar surface area (TPSA) is 72.0 Å². The summed E-state index contributed by atoms with van der Waals surface area (Å²) < 4.78 is 0.668. The van der Waals surface area contributed by atoms with Crippen molar-refractivity contribution in [2.75, 3.05) is 11.1 Å². The average molecular weight is 446 g/mol. The van der Waals surface area contributed by atoms with Gasteiger partial charge in [-0.3, -0.25) is 9.59 Å². The van der Waals surface area contributed by atoms with Gasteiger partial charge in [0.1, 0.15) is 0 Å². The van der Waals surface area contributed by atoms with E-state index >= 15 is 0 Å². The van der Waals surface area contributed by atoms with E-state index in [0.717, 1.165) is 11.3 Å². The predicted octanol–water partition coefficient (Wildman–Crippen LogP) is 5.49. The Morgan fingerprint density at radius 2 is 1.93 bits per heavy atom. The molecule has 8 heteroatoms. The minimum absolute atomic E-state index is 0.0635. The first kappa shape index (κ1) is 21.7. The molecule has 3 aromatic rings. The Balaban J connectivity index is 1.45. The summed E-state index contributed by atoms with van der Waals surface area (Å²) in [5, 5.41) is 13.2. The average Bonchev–Trinajstić information content (AvgIpc) is 3.39. The van der Waals surface area contributed by atoms with Gasteiger partial charge in [-0.05, 0) is 29.9 Å². The SMILES string of the molecule is CCCCCc1ccc(C(=O)CSc2nnc(NC(=O)Cc3cccs3)s2)cc1. The number of aromatic nitrogens is 2. The smallest absolute Gasteiger partial charge is 0.231 e. The summed E-state index contributed by atoms with van der Waals surface area (Å²) in [7, 11) is 0. The van der Waals surface area contributed by atoms with Crippen LogP contribution in [0.5, 0.6) is 0 Å². The zero-order valence-electron chi connectivity index (χ0n) is 16.2. The van der Waals surface area contributed by atoms with Crippen LogP contribution in [-0.4, -0.2) is 27.6 Å². The van der Waals surface area contributed by atoms with Gasteiger partial charge >= 0.3 is 0 Å². The molecule has 2 heterocycles. The Kier molecular flexibility index (Phi) is 8.39. The predicted molar refractivity (Wildman–Crippen MR) is 121 cm³/mol. The number of rotatable bonds is 11. The van der Waals surface area contributed by atoms with E-state index in [-0.39, 0.29) is 11.7 Å². The van der Waals surface area contributed by atoms with E-state index in [1.165, 1.54) is 47.9 Å². The quantitative estimate of drug-likeness (QED) is 0.183. The first-order valence-corrected chi connectivity index (χ1v) is 12.2. The summed E-state index contributed by atoms with van der Waals surface area (Å²) >= 11 is 4.18. The van der Waals surface area contributed by atoms with Gasteiger partial charge in [0.15, 0.2) is 10.1 Å². The number of thioether (sulfide) groups is 1. The number of nitrogens with one attached hydrogen (secondary N) is 1. The van der Waals surface area contributed by atoms with Gasteiger partial charge in [-0.25, -0.2) is 0 Å². The number of ketones is 1. The highest BCUT2D eigenvalue weighted by molar-refractivity contribution is 8.01. The maximum absolute atomic E-state index is 12.4. The lowest BCUT2D eigenvalue weighted by Crippen LogP contribution is -2.13. The summed E-state index contributed by atoms with van der Waals surface area (Å²) in [4.78, 5) is 25.4. The van der Waals surface area contributed by atoms with Crippen LogP contribution >= 0.6 is 34.4 Å². The Morgan fingerprint density at radius 3 is 2.66 bits per heavy atom. The molecule has 2 aromatic heterocycles.